The Morgan fingerprint density at radius 1 is 1.00 bits per heavy atom. The summed E-state index contributed by atoms with van der Waals surface area (Å²) in [4.78, 5) is 20.3. The fourth-order valence-electron chi connectivity index (χ4n) is 3.96. The Bertz CT molecular complexity index is 1150. The Labute approximate surface area is 183 Å². The van der Waals surface area contributed by atoms with Crippen molar-refractivity contribution < 1.29 is 4.79 Å². The summed E-state index contributed by atoms with van der Waals surface area (Å²) in [5.74, 6) is 0.00889. The third-order valence-corrected chi connectivity index (χ3v) is 5.80. The Hall–Kier alpha value is -3.40. The van der Waals surface area contributed by atoms with E-state index in [0.29, 0.717) is 13.0 Å². The molecule has 1 atom stereocenters. The van der Waals surface area contributed by atoms with Crippen LogP contribution in [0.25, 0.3) is 10.9 Å². The molecular formula is C27H29N3O. The van der Waals surface area contributed by atoms with E-state index in [2.05, 4.69) is 72.5 Å². The van der Waals surface area contributed by atoms with Gasteiger partial charge in [0.1, 0.15) is 0 Å². The van der Waals surface area contributed by atoms with Crippen molar-refractivity contribution in [3.05, 3.63) is 102 Å². The minimum Gasteiger partial charge on any atom is -0.361 e. The minimum absolute atomic E-state index is 0.0254. The first-order valence-corrected chi connectivity index (χ1v) is 10.7. The molecule has 0 saturated carbocycles. The molecule has 2 aromatic heterocycles. The smallest absolute Gasteiger partial charge is 0.221 e. The summed E-state index contributed by atoms with van der Waals surface area (Å²) in [6.07, 6.45) is 5.92. The summed E-state index contributed by atoms with van der Waals surface area (Å²) in [7, 11) is 0. The average molecular weight is 412 g/mol. The number of nitrogens with one attached hydrogen (secondary N) is 2. The zero-order valence-electron chi connectivity index (χ0n) is 18.4. The number of aromatic nitrogens is 2. The van der Waals surface area contributed by atoms with Gasteiger partial charge < -0.3 is 10.3 Å². The molecule has 0 unspecified atom stereocenters. The van der Waals surface area contributed by atoms with Gasteiger partial charge in [-0.3, -0.25) is 9.78 Å². The molecule has 2 aromatic carbocycles. The van der Waals surface area contributed by atoms with Gasteiger partial charge in [0, 0.05) is 48.4 Å². The van der Waals surface area contributed by atoms with Crippen LogP contribution < -0.4 is 5.32 Å². The van der Waals surface area contributed by atoms with Crippen molar-refractivity contribution in [2.45, 2.75) is 45.1 Å². The Kier molecular flexibility index (Phi) is 5.90. The predicted molar refractivity (Wildman–Crippen MR) is 126 cm³/mol. The lowest BCUT2D eigenvalue weighted by Crippen LogP contribution is -2.25. The van der Waals surface area contributed by atoms with Crippen LogP contribution in [0.2, 0.25) is 0 Å². The molecule has 158 valence electrons. The fraction of sp³-hybridized carbons (Fsp3) is 0.259. The number of hydrogen-bond donors (Lipinski definition) is 2. The minimum atomic E-state index is -0.0254. The molecule has 4 heteroatoms. The van der Waals surface area contributed by atoms with Crippen molar-refractivity contribution in [2.24, 2.45) is 0 Å². The van der Waals surface area contributed by atoms with Gasteiger partial charge in [-0.25, -0.2) is 0 Å². The first kappa shape index (κ1) is 20.9. The number of benzene rings is 2. The van der Waals surface area contributed by atoms with Crippen LogP contribution in [0.15, 0.2) is 79.3 Å². The lowest BCUT2D eigenvalue weighted by Gasteiger charge is -2.22. The van der Waals surface area contributed by atoms with Crippen LogP contribution in [0.4, 0.5) is 0 Å². The van der Waals surface area contributed by atoms with E-state index in [1.54, 1.807) is 12.4 Å². The highest BCUT2D eigenvalue weighted by molar-refractivity contribution is 5.86. The first-order chi connectivity index (χ1) is 14.9. The maximum absolute atomic E-state index is 12.9. The highest BCUT2D eigenvalue weighted by Crippen LogP contribution is 2.34. The van der Waals surface area contributed by atoms with Crippen LogP contribution in [0.3, 0.4) is 0 Å². The molecule has 0 aliphatic rings. The number of fused-ring (bicyclic) bond motifs is 1. The number of hydrogen-bond acceptors (Lipinski definition) is 2. The van der Waals surface area contributed by atoms with E-state index in [4.69, 9.17) is 0 Å². The van der Waals surface area contributed by atoms with E-state index in [-0.39, 0.29) is 17.2 Å². The molecule has 2 N–H and O–H groups in total. The molecule has 31 heavy (non-hydrogen) atoms. The van der Waals surface area contributed by atoms with Crippen molar-refractivity contribution in [1.29, 1.82) is 0 Å². The molecule has 0 aliphatic heterocycles. The van der Waals surface area contributed by atoms with E-state index in [0.717, 1.165) is 27.6 Å². The maximum atomic E-state index is 12.9. The number of H-pyrrole nitrogens is 1. The van der Waals surface area contributed by atoms with Gasteiger partial charge in [0.15, 0.2) is 0 Å². The van der Waals surface area contributed by atoms with Gasteiger partial charge in [0.05, 0.1) is 0 Å². The standard InChI is InChI=1S/C27H29N3O/c1-27(2,3)21-10-8-20(9-11-21)23(24-18-29-25-7-5-4-6-22(24)25)16-26(31)30-17-19-12-14-28-15-13-19/h4-15,18,23,29H,16-17H2,1-3H3,(H,30,31)/t23-/m0/s1. The van der Waals surface area contributed by atoms with Crippen molar-refractivity contribution >= 4 is 16.8 Å². The van der Waals surface area contributed by atoms with E-state index < -0.39 is 0 Å². The SMILES string of the molecule is CC(C)(C)c1ccc([C@H](CC(=O)NCc2ccncc2)c2c[nH]c3ccccc23)cc1. The van der Waals surface area contributed by atoms with Gasteiger partial charge >= 0.3 is 0 Å². The van der Waals surface area contributed by atoms with Gasteiger partial charge in [0.2, 0.25) is 5.91 Å². The van der Waals surface area contributed by atoms with E-state index in [9.17, 15) is 4.79 Å². The van der Waals surface area contributed by atoms with Gasteiger partial charge in [-0.15, -0.1) is 0 Å². The summed E-state index contributed by atoms with van der Waals surface area (Å²) in [5, 5.41) is 4.23. The number of para-hydroxylation sites is 1. The summed E-state index contributed by atoms with van der Waals surface area (Å²) in [5.41, 5.74) is 5.81. The van der Waals surface area contributed by atoms with Gasteiger partial charge in [-0.2, -0.15) is 0 Å². The summed E-state index contributed by atoms with van der Waals surface area (Å²) >= 11 is 0. The lowest BCUT2D eigenvalue weighted by molar-refractivity contribution is -0.121. The number of carbonyl (C=O) groups excluding carboxylic acids is 1. The van der Waals surface area contributed by atoms with Crippen LogP contribution in [0.5, 0.6) is 0 Å². The Morgan fingerprint density at radius 2 is 1.71 bits per heavy atom. The third kappa shape index (κ3) is 4.85. The molecule has 0 spiro atoms. The quantitative estimate of drug-likeness (QED) is 0.428. The lowest BCUT2D eigenvalue weighted by atomic mass is 9.83. The average Bonchev–Trinajstić information content (AvgIpc) is 3.20. The van der Waals surface area contributed by atoms with Crippen LogP contribution in [-0.4, -0.2) is 15.9 Å². The van der Waals surface area contributed by atoms with Gasteiger partial charge in [0.25, 0.3) is 0 Å². The second-order valence-electron chi connectivity index (χ2n) is 9.05. The number of rotatable bonds is 6. The second-order valence-corrected chi connectivity index (χ2v) is 9.05. The molecule has 4 rings (SSSR count). The first-order valence-electron chi connectivity index (χ1n) is 10.7. The zero-order valence-corrected chi connectivity index (χ0v) is 18.4. The van der Waals surface area contributed by atoms with Crippen LogP contribution >= 0.6 is 0 Å². The normalized spacial score (nSPS) is 12.6. The van der Waals surface area contributed by atoms with Gasteiger partial charge in [-0.05, 0) is 45.9 Å². The molecule has 1 amide bonds. The molecular weight excluding hydrogens is 382 g/mol. The van der Waals surface area contributed by atoms with Crippen LogP contribution in [0, 0.1) is 0 Å². The van der Waals surface area contributed by atoms with Gasteiger partial charge in [-0.1, -0.05) is 63.2 Å². The second kappa shape index (κ2) is 8.76. The van der Waals surface area contributed by atoms with Crippen LogP contribution in [0.1, 0.15) is 55.4 Å². The zero-order chi connectivity index (χ0) is 21.8. The van der Waals surface area contributed by atoms with Crippen LogP contribution in [-0.2, 0) is 16.8 Å². The number of nitrogens with zero attached hydrogens (tertiary/aromatic N) is 1. The molecule has 0 radical (unpaired) electrons. The topological polar surface area (TPSA) is 57.8 Å². The van der Waals surface area contributed by atoms with Crippen molar-refractivity contribution in [3.63, 3.8) is 0 Å². The monoisotopic (exact) mass is 411 g/mol. The number of carbonyl (C=O) groups is 1. The molecule has 2 heterocycles. The molecule has 0 aliphatic carbocycles. The van der Waals surface area contributed by atoms with Crippen molar-refractivity contribution in [3.8, 4) is 0 Å². The van der Waals surface area contributed by atoms with E-state index in [1.165, 1.54) is 5.56 Å². The van der Waals surface area contributed by atoms with Crippen molar-refractivity contribution in [2.75, 3.05) is 0 Å². The fourth-order valence-corrected chi connectivity index (χ4v) is 3.96. The van der Waals surface area contributed by atoms with E-state index in [1.807, 2.05) is 30.5 Å². The van der Waals surface area contributed by atoms with Crippen molar-refractivity contribution in [1.82, 2.24) is 15.3 Å². The Balaban J connectivity index is 1.62. The molecule has 0 bridgehead atoms. The molecule has 4 aromatic rings. The summed E-state index contributed by atoms with van der Waals surface area (Å²) in [6, 6.07) is 20.8. The molecule has 0 saturated heterocycles. The summed E-state index contributed by atoms with van der Waals surface area (Å²) < 4.78 is 0. The Morgan fingerprint density at radius 3 is 2.42 bits per heavy atom. The third-order valence-electron chi connectivity index (χ3n) is 5.80. The van der Waals surface area contributed by atoms with E-state index >= 15 is 0 Å². The number of amides is 1. The largest absolute Gasteiger partial charge is 0.361 e. The maximum Gasteiger partial charge on any atom is 0.221 e. The summed E-state index contributed by atoms with van der Waals surface area (Å²) in [6.45, 7) is 7.15. The number of aromatic amines is 1. The molecule has 0 fully saturated rings. The highest BCUT2D eigenvalue weighted by Gasteiger charge is 2.22. The predicted octanol–water partition coefficient (Wildman–Crippen LogP) is 5.70. The highest BCUT2D eigenvalue weighted by atomic mass is 16.1. The number of pyridine rings is 1. The molecule has 4 nitrogen and oxygen atoms in total.